The first-order chi connectivity index (χ1) is 13.8. The lowest BCUT2D eigenvalue weighted by Gasteiger charge is -2.17. The zero-order valence-electron chi connectivity index (χ0n) is 16.4. The van der Waals surface area contributed by atoms with Crippen molar-refractivity contribution < 1.29 is 17.5 Å². The van der Waals surface area contributed by atoms with Crippen LogP contribution in [-0.2, 0) is 16.6 Å². The van der Waals surface area contributed by atoms with Gasteiger partial charge in [0.15, 0.2) is 0 Å². The van der Waals surface area contributed by atoms with Gasteiger partial charge in [-0.05, 0) is 56.2 Å². The molecular formula is C21H24FN3O3S. The molecule has 0 aromatic heterocycles. The molecule has 0 aliphatic carbocycles. The summed E-state index contributed by atoms with van der Waals surface area (Å²) in [6.07, 6.45) is 0.804. The Hall–Kier alpha value is -2.47. The molecule has 154 valence electrons. The smallest absolute Gasteiger partial charge is 0.240 e. The molecule has 1 aliphatic heterocycles. The van der Waals surface area contributed by atoms with E-state index < -0.39 is 15.8 Å². The van der Waals surface area contributed by atoms with E-state index >= 15 is 0 Å². The van der Waals surface area contributed by atoms with E-state index in [1.807, 2.05) is 38.1 Å². The highest BCUT2D eigenvalue weighted by Crippen LogP contribution is 2.20. The lowest BCUT2D eigenvalue weighted by atomic mass is 10.2. The monoisotopic (exact) mass is 417 g/mol. The minimum atomic E-state index is -3.82. The van der Waals surface area contributed by atoms with Crippen LogP contribution in [0.2, 0.25) is 0 Å². The standard InChI is InChI=1S/C21H24FN3O3S/c1-15(2)28-19-5-3-16(4-6-19)13-25-10-9-18(14-25)24-29(26,27)20-7-8-21(22)17(11-20)12-23/h3-8,11,15,18,24H,9-10,13-14H2,1-2H3/t18-/m1/s1. The van der Waals surface area contributed by atoms with Gasteiger partial charge in [-0.25, -0.2) is 17.5 Å². The van der Waals surface area contributed by atoms with E-state index in [2.05, 4.69) is 9.62 Å². The topological polar surface area (TPSA) is 82.4 Å². The van der Waals surface area contributed by atoms with Gasteiger partial charge in [-0.2, -0.15) is 5.26 Å². The molecule has 0 unspecified atom stereocenters. The Morgan fingerprint density at radius 2 is 2.00 bits per heavy atom. The van der Waals surface area contributed by atoms with Crippen LogP contribution in [-0.4, -0.2) is 38.6 Å². The molecule has 2 aromatic carbocycles. The largest absolute Gasteiger partial charge is 0.491 e. The summed E-state index contributed by atoms with van der Waals surface area (Å²) in [4.78, 5) is 2.08. The molecule has 1 fully saturated rings. The molecule has 0 radical (unpaired) electrons. The maximum absolute atomic E-state index is 13.5. The van der Waals surface area contributed by atoms with E-state index in [9.17, 15) is 12.8 Å². The Morgan fingerprint density at radius 3 is 2.66 bits per heavy atom. The summed E-state index contributed by atoms with van der Waals surface area (Å²) in [6.45, 7) is 6.02. The summed E-state index contributed by atoms with van der Waals surface area (Å²) in [5, 5.41) is 8.91. The molecule has 3 rings (SSSR count). The number of benzene rings is 2. The number of nitrogens with zero attached hydrogens (tertiary/aromatic N) is 2. The number of nitrogens with one attached hydrogen (secondary N) is 1. The van der Waals surface area contributed by atoms with Gasteiger partial charge in [-0.1, -0.05) is 12.1 Å². The Balaban J connectivity index is 1.59. The number of ether oxygens (including phenoxy) is 1. The molecule has 2 aromatic rings. The number of halogens is 1. The molecule has 0 spiro atoms. The van der Waals surface area contributed by atoms with Crippen molar-refractivity contribution in [1.29, 1.82) is 5.26 Å². The SMILES string of the molecule is CC(C)Oc1ccc(CN2CC[C@@H](NS(=O)(=O)c3ccc(F)c(C#N)c3)C2)cc1. The summed E-state index contributed by atoms with van der Waals surface area (Å²) in [7, 11) is -3.82. The van der Waals surface area contributed by atoms with E-state index in [0.717, 1.165) is 36.5 Å². The third kappa shape index (κ3) is 5.54. The first kappa shape index (κ1) is 21.2. The fourth-order valence-electron chi connectivity index (χ4n) is 3.32. The van der Waals surface area contributed by atoms with Gasteiger partial charge >= 0.3 is 0 Å². The summed E-state index contributed by atoms with van der Waals surface area (Å²) >= 11 is 0. The molecule has 1 heterocycles. The number of likely N-dealkylation sites (tertiary alicyclic amines) is 1. The van der Waals surface area contributed by atoms with Crippen LogP contribution in [0, 0.1) is 17.1 Å². The second-order valence-electron chi connectivity index (χ2n) is 7.41. The number of nitriles is 1. The second-order valence-corrected chi connectivity index (χ2v) is 9.12. The van der Waals surface area contributed by atoms with Gasteiger partial charge in [0.2, 0.25) is 10.0 Å². The molecule has 1 N–H and O–H groups in total. The van der Waals surface area contributed by atoms with Crippen molar-refractivity contribution >= 4 is 10.0 Å². The van der Waals surface area contributed by atoms with Crippen LogP contribution in [0.3, 0.4) is 0 Å². The van der Waals surface area contributed by atoms with Crippen molar-refractivity contribution in [2.45, 2.75) is 43.9 Å². The molecule has 0 amide bonds. The molecule has 6 nitrogen and oxygen atoms in total. The number of rotatable bonds is 7. The average molecular weight is 418 g/mol. The first-order valence-corrected chi connectivity index (χ1v) is 10.9. The normalized spacial score (nSPS) is 17.4. The van der Waals surface area contributed by atoms with Crippen molar-refractivity contribution in [3.63, 3.8) is 0 Å². The van der Waals surface area contributed by atoms with Crippen LogP contribution in [0.4, 0.5) is 4.39 Å². The van der Waals surface area contributed by atoms with Crippen LogP contribution >= 0.6 is 0 Å². The Morgan fingerprint density at radius 1 is 1.28 bits per heavy atom. The molecule has 1 atom stereocenters. The highest BCUT2D eigenvalue weighted by Gasteiger charge is 2.27. The molecule has 1 aliphatic rings. The fourth-order valence-corrected chi connectivity index (χ4v) is 4.61. The molecule has 1 saturated heterocycles. The second kappa shape index (κ2) is 8.91. The van der Waals surface area contributed by atoms with Gasteiger partial charge in [0.1, 0.15) is 17.6 Å². The lowest BCUT2D eigenvalue weighted by molar-refractivity contribution is 0.242. The predicted octanol–water partition coefficient (Wildman–Crippen LogP) is 3.04. The third-order valence-corrected chi connectivity index (χ3v) is 6.18. The van der Waals surface area contributed by atoms with Gasteiger partial charge in [0.05, 0.1) is 16.6 Å². The van der Waals surface area contributed by atoms with Crippen LogP contribution in [0.1, 0.15) is 31.4 Å². The van der Waals surface area contributed by atoms with Crippen molar-refractivity contribution in [3.05, 3.63) is 59.4 Å². The number of hydrogen-bond acceptors (Lipinski definition) is 5. The van der Waals surface area contributed by atoms with Crippen LogP contribution < -0.4 is 9.46 Å². The minimum absolute atomic E-state index is 0.102. The summed E-state index contributed by atoms with van der Waals surface area (Å²) in [5.74, 6) is 0.0927. The number of sulfonamides is 1. The first-order valence-electron chi connectivity index (χ1n) is 9.47. The third-order valence-electron chi connectivity index (χ3n) is 4.66. The summed E-state index contributed by atoms with van der Waals surface area (Å²) in [5.41, 5.74) is 0.840. The fraction of sp³-hybridized carbons (Fsp3) is 0.381. The zero-order chi connectivity index (χ0) is 21.0. The molecule has 0 saturated carbocycles. The molecule has 8 heteroatoms. The Kier molecular flexibility index (Phi) is 6.52. The van der Waals surface area contributed by atoms with Crippen molar-refractivity contribution in [2.75, 3.05) is 13.1 Å². The van der Waals surface area contributed by atoms with Crippen LogP contribution in [0.5, 0.6) is 5.75 Å². The Bertz CT molecular complexity index is 1000. The summed E-state index contributed by atoms with van der Waals surface area (Å²) in [6, 6.07) is 12.6. The van der Waals surface area contributed by atoms with E-state index in [4.69, 9.17) is 10.00 Å². The molecule has 0 bridgehead atoms. The van der Waals surface area contributed by atoms with E-state index in [1.165, 1.54) is 6.07 Å². The van der Waals surface area contributed by atoms with Crippen LogP contribution in [0.25, 0.3) is 0 Å². The van der Waals surface area contributed by atoms with E-state index in [-0.39, 0.29) is 22.6 Å². The van der Waals surface area contributed by atoms with Gasteiger partial charge in [0, 0.05) is 25.7 Å². The maximum atomic E-state index is 13.5. The Labute approximate surface area is 171 Å². The van der Waals surface area contributed by atoms with Crippen molar-refractivity contribution in [3.8, 4) is 11.8 Å². The van der Waals surface area contributed by atoms with Gasteiger partial charge in [-0.15, -0.1) is 0 Å². The molecule has 29 heavy (non-hydrogen) atoms. The average Bonchev–Trinajstić information content (AvgIpc) is 3.09. The maximum Gasteiger partial charge on any atom is 0.240 e. The number of hydrogen-bond donors (Lipinski definition) is 1. The van der Waals surface area contributed by atoms with E-state index in [0.29, 0.717) is 13.0 Å². The highest BCUT2D eigenvalue weighted by atomic mass is 32.2. The highest BCUT2D eigenvalue weighted by molar-refractivity contribution is 7.89. The predicted molar refractivity (Wildman–Crippen MR) is 107 cm³/mol. The zero-order valence-corrected chi connectivity index (χ0v) is 17.2. The van der Waals surface area contributed by atoms with Gasteiger partial charge < -0.3 is 4.74 Å². The molecular weight excluding hydrogens is 393 g/mol. The lowest BCUT2D eigenvalue weighted by Crippen LogP contribution is -2.37. The quantitative estimate of drug-likeness (QED) is 0.749. The minimum Gasteiger partial charge on any atom is -0.491 e. The van der Waals surface area contributed by atoms with Crippen molar-refractivity contribution in [2.24, 2.45) is 0 Å². The van der Waals surface area contributed by atoms with Gasteiger partial charge in [-0.3, -0.25) is 4.90 Å². The van der Waals surface area contributed by atoms with Crippen molar-refractivity contribution in [1.82, 2.24) is 9.62 Å². The van der Waals surface area contributed by atoms with Gasteiger partial charge in [0.25, 0.3) is 0 Å². The van der Waals surface area contributed by atoms with E-state index in [1.54, 1.807) is 6.07 Å². The van der Waals surface area contributed by atoms with Crippen LogP contribution in [0.15, 0.2) is 47.4 Å². The summed E-state index contributed by atoms with van der Waals surface area (Å²) < 4.78 is 46.9.